The number of aromatic nitrogens is 1. The number of methoxy groups -OCH3 is 1. The average molecular weight is 478 g/mol. The Morgan fingerprint density at radius 1 is 1.33 bits per heavy atom. The first-order chi connectivity index (χ1) is 15.6. The average Bonchev–Trinajstić information content (AvgIpc) is 3.14. The molecule has 1 aliphatic rings. The van der Waals surface area contributed by atoms with Crippen molar-refractivity contribution in [3.05, 3.63) is 44.4 Å². The molecule has 2 aromatic rings. The highest BCUT2D eigenvalue weighted by Crippen LogP contribution is 2.30. The summed E-state index contributed by atoms with van der Waals surface area (Å²) in [5, 5.41) is 17.4. The summed E-state index contributed by atoms with van der Waals surface area (Å²) in [6.07, 6.45) is 0.160. The molecule has 2 heterocycles. The van der Waals surface area contributed by atoms with Gasteiger partial charge < -0.3 is 19.7 Å². The second-order valence-corrected chi connectivity index (χ2v) is 9.49. The van der Waals surface area contributed by atoms with Gasteiger partial charge in [-0.25, -0.2) is 9.78 Å². The van der Waals surface area contributed by atoms with E-state index in [1.165, 1.54) is 36.6 Å². The van der Waals surface area contributed by atoms with Gasteiger partial charge in [-0.15, -0.1) is 0 Å². The van der Waals surface area contributed by atoms with Gasteiger partial charge in [0.2, 0.25) is 0 Å². The summed E-state index contributed by atoms with van der Waals surface area (Å²) in [4.78, 5) is 42.9. The van der Waals surface area contributed by atoms with Crippen LogP contribution in [-0.2, 0) is 22.4 Å². The Kier molecular flexibility index (Phi) is 7.49. The van der Waals surface area contributed by atoms with Gasteiger partial charge in [-0.05, 0) is 32.9 Å². The van der Waals surface area contributed by atoms with Crippen LogP contribution in [0.1, 0.15) is 41.7 Å². The lowest BCUT2D eigenvalue weighted by Crippen LogP contribution is -2.39. The number of benzene rings is 1. The van der Waals surface area contributed by atoms with Gasteiger partial charge >= 0.3 is 6.09 Å². The minimum absolute atomic E-state index is 0.141. The molecule has 0 fully saturated rings. The van der Waals surface area contributed by atoms with Crippen molar-refractivity contribution in [2.24, 2.45) is 0 Å². The van der Waals surface area contributed by atoms with Crippen LogP contribution >= 0.6 is 11.3 Å². The van der Waals surface area contributed by atoms with Crippen LogP contribution in [0.15, 0.2) is 18.2 Å². The van der Waals surface area contributed by atoms with Crippen molar-refractivity contribution in [2.75, 3.05) is 37.4 Å². The van der Waals surface area contributed by atoms with Crippen LogP contribution in [0.4, 0.5) is 21.3 Å². The fourth-order valence-corrected chi connectivity index (χ4v) is 4.18. The maximum atomic E-state index is 12.7. The first-order valence-electron chi connectivity index (χ1n) is 10.4. The number of thiazole rings is 1. The lowest BCUT2D eigenvalue weighted by atomic mass is 10.1. The molecule has 2 N–H and O–H groups in total. The standard InChI is InChI=1S/C21H27N5O6S/c1-21(2,3)32-20(28)25-9-7-15-17(12-25)33-19(23-15)24-18(27)13-5-6-14(22-8-10-31-4)16(11-13)26(29)30/h5-6,11,22H,7-10,12H2,1-4H3,(H,23,24,27). The number of nitro benzene ring substituents is 1. The summed E-state index contributed by atoms with van der Waals surface area (Å²) in [7, 11) is 1.54. The molecule has 1 aliphatic heterocycles. The van der Waals surface area contributed by atoms with E-state index in [9.17, 15) is 19.7 Å². The van der Waals surface area contributed by atoms with Gasteiger partial charge in [0.05, 0.1) is 23.8 Å². The molecule has 1 aromatic carbocycles. The maximum Gasteiger partial charge on any atom is 0.410 e. The van der Waals surface area contributed by atoms with Gasteiger partial charge in [-0.3, -0.25) is 20.2 Å². The van der Waals surface area contributed by atoms with E-state index in [4.69, 9.17) is 9.47 Å². The summed E-state index contributed by atoms with van der Waals surface area (Å²) in [5.41, 5.74) is 0.480. The minimum Gasteiger partial charge on any atom is -0.444 e. The molecule has 0 bridgehead atoms. The number of carbonyl (C=O) groups excluding carboxylic acids is 2. The number of fused-ring (bicyclic) bond motifs is 1. The molecule has 3 rings (SSSR count). The second-order valence-electron chi connectivity index (χ2n) is 8.40. The Labute approximate surface area is 195 Å². The van der Waals surface area contributed by atoms with Crippen molar-refractivity contribution in [1.29, 1.82) is 0 Å². The number of hydrogen-bond donors (Lipinski definition) is 2. The van der Waals surface area contributed by atoms with E-state index in [1.54, 1.807) is 4.90 Å². The Balaban J connectivity index is 1.69. The summed E-state index contributed by atoms with van der Waals surface area (Å²) < 4.78 is 10.4. The zero-order valence-electron chi connectivity index (χ0n) is 19.0. The SMILES string of the molecule is COCCNc1ccc(C(=O)Nc2nc3c(s2)CN(C(=O)OC(C)(C)C)CC3)cc1[N+](=O)[O-]. The summed E-state index contributed by atoms with van der Waals surface area (Å²) in [6, 6.07) is 4.23. The van der Waals surface area contributed by atoms with Crippen LogP contribution in [0.2, 0.25) is 0 Å². The molecule has 0 spiro atoms. The molecule has 0 atom stereocenters. The maximum absolute atomic E-state index is 12.7. The number of nitrogens with zero attached hydrogens (tertiary/aromatic N) is 3. The monoisotopic (exact) mass is 477 g/mol. The van der Waals surface area contributed by atoms with Gasteiger partial charge in [0.1, 0.15) is 11.3 Å². The Hall–Kier alpha value is -3.25. The van der Waals surface area contributed by atoms with Crippen LogP contribution in [0.25, 0.3) is 0 Å². The molecular formula is C21H27N5O6S. The molecular weight excluding hydrogens is 450 g/mol. The van der Waals surface area contributed by atoms with Gasteiger partial charge in [0, 0.05) is 43.1 Å². The fourth-order valence-electron chi connectivity index (χ4n) is 3.16. The van der Waals surface area contributed by atoms with Gasteiger partial charge in [-0.2, -0.15) is 0 Å². The summed E-state index contributed by atoms with van der Waals surface area (Å²) in [5.74, 6) is -0.503. The molecule has 0 radical (unpaired) electrons. The quantitative estimate of drug-likeness (QED) is 0.350. The van der Waals surface area contributed by atoms with E-state index in [2.05, 4.69) is 15.6 Å². The largest absolute Gasteiger partial charge is 0.444 e. The number of carbonyl (C=O) groups is 2. The third-order valence-corrected chi connectivity index (χ3v) is 5.68. The Morgan fingerprint density at radius 3 is 2.76 bits per heavy atom. The zero-order chi connectivity index (χ0) is 24.2. The van der Waals surface area contributed by atoms with Crippen molar-refractivity contribution in [2.45, 2.75) is 39.3 Å². The van der Waals surface area contributed by atoms with Crippen molar-refractivity contribution in [3.8, 4) is 0 Å². The second kappa shape index (κ2) is 10.1. The molecule has 0 aliphatic carbocycles. The van der Waals surface area contributed by atoms with E-state index < -0.39 is 22.5 Å². The smallest absolute Gasteiger partial charge is 0.410 e. The highest BCUT2D eigenvalue weighted by Gasteiger charge is 2.28. The number of amides is 2. The van der Waals surface area contributed by atoms with Gasteiger partial charge in [0.15, 0.2) is 5.13 Å². The van der Waals surface area contributed by atoms with Crippen molar-refractivity contribution >= 4 is 39.8 Å². The normalized spacial score (nSPS) is 13.3. The first kappa shape index (κ1) is 24.4. The summed E-state index contributed by atoms with van der Waals surface area (Å²) in [6.45, 7) is 7.05. The molecule has 11 nitrogen and oxygen atoms in total. The molecule has 178 valence electrons. The van der Waals surface area contributed by atoms with E-state index in [0.717, 1.165) is 10.6 Å². The highest BCUT2D eigenvalue weighted by atomic mass is 32.1. The van der Waals surface area contributed by atoms with E-state index >= 15 is 0 Å². The van der Waals surface area contributed by atoms with Gasteiger partial charge in [0.25, 0.3) is 11.6 Å². The van der Waals surface area contributed by atoms with Crippen LogP contribution in [0.3, 0.4) is 0 Å². The Bertz CT molecular complexity index is 1050. The number of hydrogen-bond acceptors (Lipinski definition) is 9. The van der Waals surface area contributed by atoms with E-state index in [1.807, 2.05) is 20.8 Å². The fraction of sp³-hybridized carbons (Fsp3) is 0.476. The molecule has 2 amide bonds. The number of rotatable bonds is 7. The van der Waals surface area contributed by atoms with Crippen LogP contribution in [0.5, 0.6) is 0 Å². The molecule has 0 saturated heterocycles. The molecule has 0 unspecified atom stereocenters. The third-order valence-electron chi connectivity index (χ3n) is 4.68. The van der Waals surface area contributed by atoms with Crippen LogP contribution < -0.4 is 10.6 Å². The van der Waals surface area contributed by atoms with Crippen molar-refractivity contribution in [3.63, 3.8) is 0 Å². The molecule has 1 aromatic heterocycles. The van der Waals surface area contributed by atoms with Crippen LogP contribution in [-0.4, -0.2) is 59.2 Å². The number of ether oxygens (including phenoxy) is 2. The number of nitro groups is 1. The van der Waals surface area contributed by atoms with Crippen LogP contribution in [0, 0.1) is 10.1 Å². The molecule has 12 heteroatoms. The molecule has 0 saturated carbocycles. The number of nitrogens with one attached hydrogen (secondary N) is 2. The predicted molar refractivity (Wildman–Crippen MR) is 124 cm³/mol. The highest BCUT2D eigenvalue weighted by molar-refractivity contribution is 7.15. The van der Waals surface area contributed by atoms with Crippen molar-refractivity contribution in [1.82, 2.24) is 9.88 Å². The first-order valence-corrected chi connectivity index (χ1v) is 11.2. The van der Waals surface area contributed by atoms with E-state index in [0.29, 0.717) is 43.5 Å². The lowest BCUT2D eigenvalue weighted by molar-refractivity contribution is -0.384. The zero-order valence-corrected chi connectivity index (χ0v) is 19.8. The third kappa shape index (κ3) is 6.39. The molecule has 33 heavy (non-hydrogen) atoms. The van der Waals surface area contributed by atoms with Gasteiger partial charge in [-0.1, -0.05) is 11.3 Å². The topological polar surface area (TPSA) is 136 Å². The Morgan fingerprint density at radius 2 is 2.09 bits per heavy atom. The predicted octanol–water partition coefficient (Wildman–Crippen LogP) is 3.66. The minimum atomic E-state index is -0.582. The number of anilines is 2. The lowest BCUT2D eigenvalue weighted by Gasteiger charge is -2.29. The summed E-state index contributed by atoms with van der Waals surface area (Å²) >= 11 is 1.27. The van der Waals surface area contributed by atoms with E-state index in [-0.39, 0.29) is 11.3 Å². The van der Waals surface area contributed by atoms with Crippen molar-refractivity contribution < 1.29 is 24.0 Å².